The van der Waals surface area contributed by atoms with Crippen LogP contribution in [0.2, 0.25) is 0 Å². The van der Waals surface area contributed by atoms with Gasteiger partial charge in [-0.25, -0.2) is 0 Å². The molecule has 6 heteroatoms. The monoisotopic (exact) mass is 311 g/mol. The van der Waals surface area contributed by atoms with Crippen LogP contribution in [0.4, 0.5) is 5.69 Å². The van der Waals surface area contributed by atoms with E-state index in [9.17, 15) is 8.42 Å². The Morgan fingerprint density at radius 1 is 1.33 bits per heavy atom. The van der Waals surface area contributed by atoms with E-state index in [0.29, 0.717) is 26.2 Å². The van der Waals surface area contributed by atoms with Crippen LogP contribution in [-0.2, 0) is 10.2 Å². The number of hydrogen-bond donors (Lipinski definition) is 1. The van der Waals surface area contributed by atoms with Crippen LogP contribution in [0.25, 0.3) is 0 Å². The van der Waals surface area contributed by atoms with Gasteiger partial charge in [0, 0.05) is 19.6 Å². The van der Waals surface area contributed by atoms with Gasteiger partial charge in [-0.15, -0.1) is 0 Å². The lowest BCUT2D eigenvalue weighted by Crippen LogP contribution is -2.49. The number of piperidine rings is 1. The van der Waals surface area contributed by atoms with Crippen molar-refractivity contribution in [2.75, 3.05) is 30.5 Å². The van der Waals surface area contributed by atoms with Crippen LogP contribution in [-0.4, -0.2) is 38.9 Å². The molecule has 118 valence electrons. The molecular formula is C15H25N3O2S. The van der Waals surface area contributed by atoms with E-state index >= 15 is 0 Å². The van der Waals surface area contributed by atoms with Crippen molar-refractivity contribution < 1.29 is 8.42 Å². The van der Waals surface area contributed by atoms with Gasteiger partial charge < -0.3 is 5.73 Å². The standard InChI is InChI=1S/C15H25N3O2S/c1-3-18(15-8-6-13(2)7-9-15)21(19,20)17-10-4-5-14(11-16)12-17/h6-9,14H,3-5,10-12,16H2,1-2H3. The molecule has 1 saturated heterocycles. The van der Waals surface area contributed by atoms with Crippen molar-refractivity contribution >= 4 is 15.9 Å². The molecule has 0 radical (unpaired) electrons. The first-order chi connectivity index (χ1) is 9.98. The highest BCUT2D eigenvalue weighted by Crippen LogP contribution is 2.25. The van der Waals surface area contributed by atoms with Crippen molar-refractivity contribution in [3.63, 3.8) is 0 Å². The molecule has 0 aliphatic carbocycles. The molecule has 1 unspecified atom stereocenters. The van der Waals surface area contributed by atoms with Gasteiger partial charge in [0.05, 0.1) is 5.69 Å². The highest BCUT2D eigenvalue weighted by atomic mass is 32.2. The first-order valence-electron chi connectivity index (χ1n) is 7.53. The summed E-state index contributed by atoms with van der Waals surface area (Å²) in [6.45, 7) is 5.94. The summed E-state index contributed by atoms with van der Waals surface area (Å²) < 4.78 is 28.8. The highest BCUT2D eigenvalue weighted by molar-refractivity contribution is 7.90. The molecule has 0 bridgehead atoms. The third-order valence-electron chi connectivity index (χ3n) is 4.03. The van der Waals surface area contributed by atoms with Crippen molar-refractivity contribution in [2.24, 2.45) is 11.7 Å². The molecule has 1 atom stereocenters. The number of nitrogens with zero attached hydrogens (tertiary/aromatic N) is 2. The van der Waals surface area contributed by atoms with E-state index in [1.165, 1.54) is 4.31 Å². The lowest BCUT2D eigenvalue weighted by molar-refractivity contribution is 0.271. The molecular weight excluding hydrogens is 286 g/mol. The Labute approximate surface area is 127 Å². The first-order valence-corrected chi connectivity index (χ1v) is 8.93. The third kappa shape index (κ3) is 3.56. The van der Waals surface area contributed by atoms with Crippen LogP contribution >= 0.6 is 0 Å². The minimum absolute atomic E-state index is 0.269. The summed E-state index contributed by atoms with van der Waals surface area (Å²) in [6.07, 6.45) is 1.89. The molecule has 1 aliphatic rings. The Bertz CT molecular complexity index is 557. The summed E-state index contributed by atoms with van der Waals surface area (Å²) in [6, 6.07) is 7.60. The van der Waals surface area contributed by atoms with E-state index in [1.807, 2.05) is 38.1 Å². The molecule has 21 heavy (non-hydrogen) atoms. The van der Waals surface area contributed by atoms with E-state index in [-0.39, 0.29) is 5.92 Å². The summed E-state index contributed by atoms with van der Waals surface area (Å²) >= 11 is 0. The molecule has 0 amide bonds. The average molecular weight is 311 g/mol. The van der Waals surface area contributed by atoms with Crippen molar-refractivity contribution in [3.8, 4) is 0 Å². The van der Waals surface area contributed by atoms with Crippen LogP contribution < -0.4 is 10.0 Å². The van der Waals surface area contributed by atoms with Gasteiger partial charge in [0.25, 0.3) is 0 Å². The maximum absolute atomic E-state index is 12.9. The van der Waals surface area contributed by atoms with Gasteiger partial charge in [-0.2, -0.15) is 12.7 Å². The normalized spacial score (nSPS) is 20.4. The number of hydrogen-bond acceptors (Lipinski definition) is 3. The number of nitrogens with two attached hydrogens (primary N) is 1. The fraction of sp³-hybridized carbons (Fsp3) is 0.600. The van der Waals surface area contributed by atoms with Gasteiger partial charge in [-0.1, -0.05) is 17.7 Å². The molecule has 0 aromatic heterocycles. The van der Waals surface area contributed by atoms with E-state index in [0.717, 1.165) is 24.1 Å². The summed E-state index contributed by atoms with van der Waals surface area (Å²) in [5.74, 6) is 0.269. The first kappa shape index (κ1) is 16.3. The number of aryl methyl sites for hydroxylation is 1. The van der Waals surface area contributed by atoms with Crippen LogP contribution in [0.15, 0.2) is 24.3 Å². The predicted octanol–water partition coefficient (Wildman–Crippen LogP) is 1.74. The second-order valence-electron chi connectivity index (χ2n) is 5.61. The fourth-order valence-corrected chi connectivity index (χ4v) is 4.51. The topological polar surface area (TPSA) is 66.6 Å². The summed E-state index contributed by atoms with van der Waals surface area (Å²) in [4.78, 5) is 0. The van der Waals surface area contributed by atoms with Crippen molar-refractivity contribution in [1.82, 2.24) is 4.31 Å². The van der Waals surface area contributed by atoms with Crippen LogP contribution in [0.1, 0.15) is 25.3 Å². The van der Waals surface area contributed by atoms with E-state index in [1.54, 1.807) is 4.31 Å². The predicted molar refractivity (Wildman–Crippen MR) is 86.5 cm³/mol. The van der Waals surface area contributed by atoms with E-state index in [2.05, 4.69) is 0 Å². The fourth-order valence-electron chi connectivity index (χ4n) is 2.76. The Hall–Kier alpha value is -1.11. The summed E-state index contributed by atoms with van der Waals surface area (Å²) in [5.41, 5.74) is 7.55. The zero-order chi connectivity index (χ0) is 15.5. The number of anilines is 1. The van der Waals surface area contributed by atoms with Crippen molar-refractivity contribution in [2.45, 2.75) is 26.7 Å². The Morgan fingerprint density at radius 2 is 2.00 bits per heavy atom. The number of benzene rings is 1. The molecule has 0 saturated carbocycles. The molecule has 5 nitrogen and oxygen atoms in total. The minimum Gasteiger partial charge on any atom is -0.330 e. The molecule has 2 rings (SSSR count). The highest BCUT2D eigenvalue weighted by Gasteiger charge is 2.32. The van der Waals surface area contributed by atoms with Gasteiger partial charge in [0.2, 0.25) is 0 Å². The quantitative estimate of drug-likeness (QED) is 0.900. The third-order valence-corrected chi connectivity index (χ3v) is 6.04. The average Bonchev–Trinajstić information content (AvgIpc) is 2.50. The maximum atomic E-state index is 12.9. The lowest BCUT2D eigenvalue weighted by Gasteiger charge is -2.35. The zero-order valence-electron chi connectivity index (χ0n) is 12.8. The Kier molecular flexibility index (Phi) is 5.24. The molecule has 1 heterocycles. The molecule has 1 aliphatic heterocycles. The van der Waals surface area contributed by atoms with E-state index in [4.69, 9.17) is 5.73 Å². The molecule has 1 fully saturated rings. The van der Waals surface area contributed by atoms with Crippen molar-refractivity contribution in [3.05, 3.63) is 29.8 Å². The maximum Gasteiger partial charge on any atom is 0.304 e. The summed E-state index contributed by atoms with van der Waals surface area (Å²) in [7, 11) is -3.47. The smallest absolute Gasteiger partial charge is 0.304 e. The SMILES string of the molecule is CCN(c1ccc(C)cc1)S(=O)(=O)N1CCCC(CN)C1. The molecule has 0 spiro atoms. The van der Waals surface area contributed by atoms with Gasteiger partial charge in [0.1, 0.15) is 0 Å². The molecule has 1 aromatic carbocycles. The minimum atomic E-state index is -3.47. The zero-order valence-corrected chi connectivity index (χ0v) is 13.6. The second-order valence-corrected chi connectivity index (χ2v) is 7.46. The van der Waals surface area contributed by atoms with Crippen molar-refractivity contribution in [1.29, 1.82) is 0 Å². The van der Waals surface area contributed by atoms with Gasteiger partial charge in [-0.05, 0) is 51.3 Å². The van der Waals surface area contributed by atoms with Gasteiger partial charge in [-0.3, -0.25) is 4.31 Å². The molecule has 2 N–H and O–H groups in total. The van der Waals surface area contributed by atoms with Gasteiger partial charge >= 0.3 is 10.2 Å². The van der Waals surface area contributed by atoms with Gasteiger partial charge in [0.15, 0.2) is 0 Å². The summed E-state index contributed by atoms with van der Waals surface area (Å²) in [5, 5.41) is 0. The van der Waals surface area contributed by atoms with Crippen LogP contribution in [0.5, 0.6) is 0 Å². The Morgan fingerprint density at radius 3 is 2.57 bits per heavy atom. The number of rotatable bonds is 5. The molecule has 1 aromatic rings. The Balaban J connectivity index is 2.25. The van der Waals surface area contributed by atoms with Crippen LogP contribution in [0.3, 0.4) is 0 Å². The second kappa shape index (κ2) is 6.77. The lowest BCUT2D eigenvalue weighted by atomic mass is 10.0. The largest absolute Gasteiger partial charge is 0.330 e. The van der Waals surface area contributed by atoms with E-state index < -0.39 is 10.2 Å². The van der Waals surface area contributed by atoms with Crippen LogP contribution in [0, 0.1) is 12.8 Å².